The quantitative estimate of drug-likeness (QED) is 0.422. The molecule has 3 rings (SSSR count). The van der Waals surface area contributed by atoms with Crippen LogP contribution in [0, 0.1) is 6.92 Å². The van der Waals surface area contributed by atoms with Gasteiger partial charge < -0.3 is 4.74 Å². The number of thiophene rings is 1. The van der Waals surface area contributed by atoms with Gasteiger partial charge in [-0.3, -0.25) is 9.44 Å². The summed E-state index contributed by atoms with van der Waals surface area (Å²) in [4.78, 5) is 11.7. The lowest BCUT2D eigenvalue weighted by molar-refractivity contribution is 0.0599. The lowest BCUT2D eigenvalue weighted by Gasteiger charge is -2.17. The molecule has 0 atom stereocenters. The van der Waals surface area contributed by atoms with Crippen molar-refractivity contribution in [2.45, 2.75) is 16.0 Å². The lowest BCUT2D eigenvalue weighted by Crippen LogP contribution is -2.19. The van der Waals surface area contributed by atoms with Gasteiger partial charge >= 0.3 is 5.97 Å². The number of rotatable bonds is 7. The van der Waals surface area contributed by atoms with Gasteiger partial charge in [0.25, 0.3) is 20.0 Å². The van der Waals surface area contributed by atoms with Gasteiger partial charge in [0.2, 0.25) is 0 Å². The normalized spacial score (nSPS) is 11.8. The third-order valence-electron chi connectivity index (χ3n) is 4.29. The molecule has 0 radical (unpaired) electrons. The van der Waals surface area contributed by atoms with Gasteiger partial charge in [-0.15, -0.1) is 11.3 Å². The number of sulfonamides is 2. The Bertz CT molecular complexity index is 1390. The van der Waals surface area contributed by atoms with Crippen LogP contribution in [0.5, 0.6) is 0 Å². The first-order valence-electron chi connectivity index (χ1n) is 8.72. The topological polar surface area (TPSA) is 119 Å². The van der Waals surface area contributed by atoms with Gasteiger partial charge in [0, 0.05) is 0 Å². The van der Waals surface area contributed by atoms with Crippen molar-refractivity contribution in [3.63, 3.8) is 0 Å². The fraction of sp³-hybridized carbons (Fsp3) is 0.105. The van der Waals surface area contributed by atoms with Gasteiger partial charge in [-0.05, 0) is 48.2 Å². The predicted molar refractivity (Wildman–Crippen MR) is 125 cm³/mol. The number of nitrogens with one attached hydrogen (secondary N) is 2. The van der Waals surface area contributed by atoms with E-state index >= 15 is 0 Å². The van der Waals surface area contributed by atoms with Crippen LogP contribution in [-0.4, -0.2) is 29.9 Å². The molecule has 0 fully saturated rings. The molecule has 0 bridgehead atoms. The summed E-state index contributed by atoms with van der Waals surface area (Å²) >= 11 is 13.1. The molecule has 2 N–H and O–H groups in total. The number of esters is 1. The molecule has 13 heteroatoms. The molecule has 0 aliphatic rings. The molecule has 0 aliphatic carbocycles. The summed E-state index contributed by atoms with van der Waals surface area (Å²) in [7, 11) is -7.08. The van der Waals surface area contributed by atoms with Gasteiger partial charge in [-0.2, -0.15) is 0 Å². The van der Waals surface area contributed by atoms with Crippen LogP contribution < -0.4 is 9.44 Å². The van der Waals surface area contributed by atoms with Crippen molar-refractivity contribution >= 4 is 71.9 Å². The highest BCUT2D eigenvalue weighted by molar-refractivity contribution is 7.94. The average molecular weight is 535 g/mol. The van der Waals surface area contributed by atoms with Crippen LogP contribution in [0.4, 0.5) is 11.4 Å². The Morgan fingerprint density at radius 1 is 0.938 bits per heavy atom. The summed E-state index contributed by atoms with van der Waals surface area (Å²) in [6.45, 7) is 1.45. The Hall–Kier alpha value is -2.31. The van der Waals surface area contributed by atoms with E-state index < -0.39 is 26.0 Å². The maximum Gasteiger partial charge on any atom is 0.338 e. The maximum absolute atomic E-state index is 13.1. The van der Waals surface area contributed by atoms with Crippen LogP contribution in [0.2, 0.25) is 10.0 Å². The zero-order valence-corrected chi connectivity index (χ0v) is 20.5. The van der Waals surface area contributed by atoms with E-state index in [1.54, 1.807) is 11.4 Å². The third kappa shape index (κ3) is 5.02. The second-order valence-electron chi connectivity index (χ2n) is 6.38. The second kappa shape index (κ2) is 9.28. The summed E-state index contributed by atoms with van der Waals surface area (Å²) in [6, 6.07) is 9.47. The Kier molecular flexibility index (Phi) is 7.06. The smallest absolute Gasteiger partial charge is 0.338 e. The zero-order chi connectivity index (χ0) is 23.7. The number of anilines is 2. The first-order chi connectivity index (χ1) is 15.0. The summed E-state index contributed by atoms with van der Waals surface area (Å²) in [6.07, 6.45) is 0. The molecule has 1 heterocycles. The molecule has 0 amide bonds. The average Bonchev–Trinajstić information content (AvgIpc) is 3.27. The van der Waals surface area contributed by atoms with Gasteiger partial charge in [-0.1, -0.05) is 35.3 Å². The zero-order valence-electron chi connectivity index (χ0n) is 16.5. The molecule has 1 aromatic heterocycles. The van der Waals surface area contributed by atoms with Gasteiger partial charge in [0.15, 0.2) is 0 Å². The summed E-state index contributed by atoms with van der Waals surface area (Å²) in [5.41, 5.74) is -0.0451. The summed E-state index contributed by atoms with van der Waals surface area (Å²) in [5.74, 6) is -0.696. The molecule has 0 saturated heterocycles. The van der Waals surface area contributed by atoms with Crippen LogP contribution in [0.25, 0.3) is 0 Å². The lowest BCUT2D eigenvalue weighted by atomic mass is 10.1. The minimum Gasteiger partial charge on any atom is -0.465 e. The Morgan fingerprint density at radius 3 is 2.06 bits per heavy atom. The number of carbonyl (C=O) groups is 1. The molecular formula is C19H16Cl2N2O6S3. The standard InChI is InChI=1S/C19H16Cl2N2O6S3/c1-11-12(19(24)29-2)5-3-6-17(11)31(25,26)22-15-9-13(20)14(21)10-16(15)23-32(27,28)18-7-4-8-30-18/h3-10,22-23H,1-2H3. The molecule has 0 aliphatic heterocycles. The summed E-state index contributed by atoms with van der Waals surface area (Å²) < 4.78 is 60.9. The van der Waals surface area contributed by atoms with Crippen molar-refractivity contribution in [3.05, 3.63) is 69.0 Å². The number of benzene rings is 2. The molecule has 170 valence electrons. The molecule has 32 heavy (non-hydrogen) atoms. The second-order valence-corrected chi connectivity index (χ2v) is 11.7. The van der Waals surface area contributed by atoms with Crippen molar-refractivity contribution in [2.75, 3.05) is 16.6 Å². The molecule has 0 saturated carbocycles. The monoisotopic (exact) mass is 534 g/mol. The van der Waals surface area contributed by atoms with Gasteiger partial charge in [0.1, 0.15) is 4.21 Å². The largest absolute Gasteiger partial charge is 0.465 e. The van der Waals surface area contributed by atoms with E-state index in [4.69, 9.17) is 23.2 Å². The molecule has 3 aromatic rings. The highest BCUT2D eigenvalue weighted by Crippen LogP contribution is 2.36. The van der Waals surface area contributed by atoms with Crippen LogP contribution in [0.3, 0.4) is 0 Å². The Morgan fingerprint density at radius 2 is 1.53 bits per heavy atom. The molecule has 2 aromatic carbocycles. The van der Waals surface area contributed by atoms with E-state index in [1.807, 2.05) is 0 Å². The SMILES string of the molecule is COC(=O)c1cccc(S(=O)(=O)Nc2cc(Cl)c(Cl)cc2NS(=O)(=O)c2cccs2)c1C. The number of hydrogen-bond donors (Lipinski definition) is 2. The number of halogens is 2. The van der Waals surface area contributed by atoms with Crippen LogP contribution in [-0.2, 0) is 24.8 Å². The highest BCUT2D eigenvalue weighted by Gasteiger charge is 2.25. The van der Waals surface area contributed by atoms with Crippen molar-refractivity contribution in [1.82, 2.24) is 0 Å². The van der Waals surface area contributed by atoms with Crippen molar-refractivity contribution in [2.24, 2.45) is 0 Å². The molecular weight excluding hydrogens is 519 g/mol. The van der Waals surface area contributed by atoms with Crippen LogP contribution in [0.1, 0.15) is 15.9 Å². The van der Waals surface area contributed by atoms with E-state index in [-0.39, 0.29) is 41.7 Å². The van der Waals surface area contributed by atoms with Crippen molar-refractivity contribution in [3.8, 4) is 0 Å². The Balaban J connectivity index is 2.06. The van der Waals surface area contributed by atoms with Crippen molar-refractivity contribution < 1.29 is 26.4 Å². The fourth-order valence-electron chi connectivity index (χ4n) is 2.76. The van der Waals surface area contributed by atoms with Gasteiger partial charge in [-0.25, -0.2) is 21.6 Å². The third-order valence-corrected chi connectivity index (χ3v) is 9.28. The number of methoxy groups -OCH3 is 1. The van der Waals surface area contributed by atoms with E-state index in [2.05, 4.69) is 14.2 Å². The maximum atomic E-state index is 13.1. The van der Waals surface area contributed by atoms with E-state index in [9.17, 15) is 21.6 Å². The molecule has 0 spiro atoms. The Labute approximate surface area is 199 Å². The van der Waals surface area contributed by atoms with E-state index in [1.165, 1.54) is 50.4 Å². The highest BCUT2D eigenvalue weighted by atomic mass is 35.5. The first kappa shape index (κ1) is 24.3. The minimum atomic E-state index is -4.26. The fourth-order valence-corrected chi connectivity index (χ4v) is 6.49. The van der Waals surface area contributed by atoms with Crippen LogP contribution >= 0.6 is 34.5 Å². The van der Waals surface area contributed by atoms with E-state index in [0.717, 1.165) is 11.3 Å². The van der Waals surface area contributed by atoms with Gasteiger partial charge in [0.05, 0.1) is 39.0 Å². The number of carbonyl (C=O) groups excluding carboxylic acids is 1. The predicted octanol–water partition coefficient (Wildman–Crippen LogP) is 4.75. The van der Waals surface area contributed by atoms with Crippen molar-refractivity contribution in [1.29, 1.82) is 0 Å². The van der Waals surface area contributed by atoms with Crippen LogP contribution in [0.15, 0.2) is 56.9 Å². The summed E-state index contributed by atoms with van der Waals surface area (Å²) in [5, 5.41) is 1.61. The first-order valence-corrected chi connectivity index (χ1v) is 13.3. The molecule has 0 unspecified atom stereocenters. The minimum absolute atomic E-state index is 0.00321. The number of ether oxygens (including phenoxy) is 1. The number of hydrogen-bond acceptors (Lipinski definition) is 7. The van der Waals surface area contributed by atoms with E-state index in [0.29, 0.717) is 0 Å². The molecule has 8 nitrogen and oxygen atoms in total.